The Morgan fingerprint density at radius 1 is 1.27 bits per heavy atom. The number of ether oxygens (including phenoxy) is 1. The number of unbranched alkanes of at least 4 members (excludes halogenated alkanes) is 2. The highest BCUT2D eigenvalue weighted by atomic mass is 127. The topological polar surface area (TPSA) is 48.9 Å². The van der Waals surface area contributed by atoms with Gasteiger partial charge in [0, 0.05) is 52.5 Å². The molecule has 2 unspecified atom stereocenters. The smallest absolute Gasteiger partial charge is 0.191 e. The third-order valence-corrected chi connectivity index (χ3v) is 4.23. The second-order valence-electron chi connectivity index (χ2n) is 6.33. The molecule has 1 heterocycles. The van der Waals surface area contributed by atoms with Crippen LogP contribution >= 0.6 is 24.0 Å². The van der Waals surface area contributed by atoms with E-state index < -0.39 is 0 Å². The van der Waals surface area contributed by atoms with Crippen LogP contribution in [-0.4, -0.2) is 63.3 Å². The minimum Gasteiger partial charge on any atom is -0.385 e. The van der Waals surface area contributed by atoms with Crippen LogP contribution in [0.4, 0.5) is 0 Å². The lowest BCUT2D eigenvalue weighted by molar-refractivity contribution is 0.192. The van der Waals surface area contributed by atoms with Gasteiger partial charge in [0.1, 0.15) is 0 Å². The van der Waals surface area contributed by atoms with Gasteiger partial charge in [0.2, 0.25) is 0 Å². The highest BCUT2D eigenvalue weighted by Crippen LogP contribution is 2.18. The lowest BCUT2D eigenvalue weighted by Gasteiger charge is -2.22. The minimum absolute atomic E-state index is 0. The van der Waals surface area contributed by atoms with Gasteiger partial charge in [0.05, 0.1) is 0 Å². The fourth-order valence-corrected chi connectivity index (χ4v) is 2.74. The van der Waals surface area contributed by atoms with Gasteiger partial charge in [-0.2, -0.15) is 0 Å². The minimum atomic E-state index is 0. The largest absolute Gasteiger partial charge is 0.385 e. The van der Waals surface area contributed by atoms with E-state index in [1.807, 2.05) is 7.05 Å². The molecule has 0 spiro atoms. The predicted octanol–water partition coefficient (Wildman–Crippen LogP) is 2.31. The molecular weight excluding hydrogens is 391 g/mol. The third-order valence-electron chi connectivity index (χ3n) is 4.23. The normalized spacial score (nSPS) is 22.7. The summed E-state index contributed by atoms with van der Waals surface area (Å²) in [5, 5.41) is 6.99. The number of rotatable bonds is 8. The molecule has 6 heteroatoms. The van der Waals surface area contributed by atoms with Gasteiger partial charge in [0.25, 0.3) is 0 Å². The van der Waals surface area contributed by atoms with E-state index in [-0.39, 0.29) is 24.0 Å². The summed E-state index contributed by atoms with van der Waals surface area (Å²) in [6.07, 6.45) is 3.48. The Kier molecular flexibility index (Phi) is 12.3. The van der Waals surface area contributed by atoms with Crippen molar-refractivity contribution >= 4 is 29.9 Å². The van der Waals surface area contributed by atoms with Crippen LogP contribution in [0.15, 0.2) is 4.99 Å². The maximum Gasteiger partial charge on any atom is 0.191 e. The van der Waals surface area contributed by atoms with E-state index in [0.29, 0.717) is 18.0 Å². The van der Waals surface area contributed by atoms with Crippen molar-refractivity contribution in [1.82, 2.24) is 15.5 Å². The molecule has 0 aromatic rings. The van der Waals surface area contributed by atoms with Crippen molar-refractivity contribution in [3.63, 3.8) is 0 Å². The van der Waals surface area contributed by atoms with Crippen molar-refractivity contribution in [3.05, 3.63) is 0 Å². The van der Waals surface area contributed by atoms with Gasteiger partial charge in [-0.25, -0.2) is 0 Å². The van der Waals surface area contributed by atoms with Crippen LogP contribution in [0, 0.1) is 5.92 Å². The first-order chi connectivity index (χ1) is 10.1. The second kappa shape index (κ2) is 12.4. The molecule has 1 aliphatic rings. The Morgan fingerprint density at radius 2 is 2.00 bits per heavy atom. The van der Waals surface area contributed by atoms with Crippen LogP contribution < -0.4 is 10.6 Å². The van der Waals surface area contributed by atoms with Gasteiger partial charge >= 0.3 is 0 Å². The maximum atomic E-state index is 5.06. The van der Waals surface area contributed by atoms with Crippen molar-refractivity contribution in [3.8, 4) is 0 Å². The molecule has 0 aliphatic carbocycles. The van der Waals surface area contributed by atoms with E-state index in [1.54, 1.807) is 7.11 Å². The van der Waals surface area contributed by atoms with Gasteiger partial charge in [-0.05, 0) is 39.0 Å². The average Bonchev–Trinajstić information content (AvgIpc) is 2.82. The molecule has 2 atom stereocenters. The van der Waals surface area contributed by atoms with E-state index in [0.717, 1.165) is 38.5 Å². The van der Waals surface area contributed by atoms with Crippen molar-refractivity contribution in [2.75, 3.05) is 40.4 Å². The molecular formula is C16H35IN4O. The summed E-state index contributed by atoms with van der Waals surface area (Å²) in [5.41, 5.74) is 0. The zero-order valence-electron chi connectivity index (χ0n) is 14.9. The van der Waals surface area contributed by atoms with E-state index in [2.05, 4.69) is 41.3 Å². The number of methoxy groups -OCH3 is 1. The van der Waals surface area contributed by atoms with Crippen LogP contribution in [0.25, 0.3) is 0 Å². The summed E-state index contributed by atoms with van der Waals surface area (Å²) in [6, 6.07) is 1.11. The molecule has 0 aromatic heterocycles. The number of hydrogen-bond donors (Lipinski definition) is 2. The van der Waals surface area contributed by atoms with E-state index >= 15 is 0 Å². The van der Waals surface area contributed by atoms with Gasteiger partial charge in [0.15, 0.2) is 5.96 Å². The highest BCUT2D eigenvalue weighted by molar-refractivity contribution is 14.0. The van der Waals surface area contributed by atoms with Gasteiger partial charge in [-0.15, -0.1) is 24.0 Å². The summed E-state index contributed by atoms with van der Waals surface area (Å²) < 4.78 is 5.06. The molecule has 1 aliphatic heterocycles. The van der Waals surface area contributed by atoms with E-state index in [1.165, 1.54) is 13.0 Å². The Balaban J connectivity index is 0.00000441. The lowest BCUT2D eigenvalue weighted by atomic mass is 10.1. The molecule has 2 N–H and O–H groups in total. The van der Waals surface area contributed by atoms with Crippen LogP contribution in [0.5, 0.6) is 0 Å². The molecule has 132 valence electrons. The quantitative estimate of drug-likeness (QED) is 0.271. The molecule has 0 radical (unpaired) electrons. The fraction of sp³-hybridized carbons (Fsp3) is 0.938. The van der Waals surface area contributed by atoms with Crippen molar-refractivity contribution in [2.24, 2.45) is 10.9 Å². The van der Waals surface area contributed by atoms with Crippen molar-refractivity contribution in [1.29, 1.82) is 0 Å². The van der Waals surface area contributed by atoms with E-state index in [9.17, 15) is 0 Å². The highest BCUT2D eigenvalue weighted by Gasteiger charge is 2.31. The third kappa shape index (κ3) is 7.97. The molecule has 0 bridgehead atoms. The van der Waals surface area contributed by atoms with Crippen molar-refractivity contribution in [2.45, 2.75) is 52.1 Å². The second-order valence-corrected chi connectivity index (χ2v) is 6.33. The molecule has 0 aromatic carbocycles. The lowest BCUT2D eigenvalue weighted by Crippen LogP contribution is -2.47. The Labute approximate surface area is 153 Å². The molecule has 22 heavy (non-hydrogen) atoms. The average molecular weight is 426 g/mol. The van der Waals surface area contributed by atoms with E-state index in [4.69, 9.17) is 4.74 Å². The van der Waals surface area contributed by atoms with Gasteiger partial charge in [-0.1, -0.05) is 6.92 Å². The number of nitrogens with zero attached hydrogens (tertiary/aromatic N) is 2. The molecule has 1 fully saturated rings. The number of hydrogen-bond acceptors (Lipinski definition) is 3. The number of halogens is 1. The molecule has 0 saturated carbocycles. The van der Waals surface area contributed by atoms with Gasteiger partial charge in [-0.3, -0.25) is 9.89 Å². The first-order valence-electron chi connectivity index (χ1n) is 8.28. The first-order valence-corrected chi connectivity index (χ1v) is 8.28. The fourth-order valence-electron chi connectivity index (χ4n) is 2.74. The molecule has 1 saturated heterocycles. The summed E-state index contributed by atoms with van der Waals surface area (Å²) >= 11 is 0. The summed E-state index contributed by atoms with van der Waals surface area (Å²) in [4.78, 5) is 6.87. The zero-order valence-corrected chi connectivity index (χ0v) is 17.2. The monoisotopic (exact) mass is 426 g/mol. The number of likely N-dealkylation sites (tertiary alicyclic amines) is 1. The Morgan fingerprint density at radius 3 is 2.55 bits per heavy atom. The number of guanidine groups is 1. The summed E-state index contributed by atoms with van der Waals surface area (Å²) in [6.45, 7) is 11.0. The van der Waals surface area contributed by atoms with Crippen LogP contribution in [0.2, 0.25) is 0 Å². The predicted molar refractivity (Wildman–Crippen MR) is 105 cm³/mol. The van der Waals surface area contributed by atoms with Crippen LogP contribution in [0.1, 0.15) is 40.0 Å². The Hall–Kier alpha value is -0.0800. The SMILES string of the molecule is CN=C(NCCCCCOC)NC1CN(C(C)C)CC1C.I. The molecule has 1 rings (SSSR count). The first kappa shape index (κ1) is 21.9. The standard InChI is InChI=1S/C16H34N4O.HI/c1-13(2)20-11-14(3)15(12-20)19-16(17-4)18-9-7-6-8-10-21-5;/h13-15H,6-12H2,1-5H3,(H2,17,18,19);1H. The Bertz CT molecular complexity index is 313. The van der Waals surface area contributed by atoms with Crippen LogP contribution in [-0.2, 0) is 4.74 Å². The van der Waals surface area contributed by atoms with Crippen molar-refractivity contribution < 1.29 is 4.74 Å². The zero-order chi connectivity index (χ0) is 15.7. The maximum absolute atomic E-state index is 5.06. The van der Waals surface area contributed by atoms with Crippen LogP contribution in [0.3, 0.4) is 0 Å². The van der Waals surface area contributed by atoms with Gasteiger partial charge < -0.3 is 15.4 Å². The number of nitrogens with one attached hydrogen (secondary N) is 2. The molecule has 5 nitrogen and oxygen atoms in total. The summed E-state index contributed by atoms with van der Waals surface area (Å²) in [7, 11) is 3.60. The number of aliphatic imine (C=N–C) groups is 1. The summed E-state index contributed by atoms with van der Waals surface area (Å²) in [5.74, 6) is 1.59. The molecule has 0 amide bonds.